The van der Waals surface area contributed by atoms with Gasteiger partial charge in [-0.2, -0.15) is 4.99 Å². The summed E-state index contributed by atoms with van der Waals surface area (Å²) in [6.07, 6.45) is 0.448. The molecule has 36 heavy (non-hydrogen) atoms. The van der Waals surface area contributed by atoms with E-state index in [4.69, 9.17) is 4.74 Å². The monoisotopic (exact) mass is 501 g/mol. The van der Waals surface area contributed by atoms with Crippen LogP contribution >= 0.6 is 11.3 Å². The summed E-state index contributed by atoms with van der Waals surface area (Å²) < 4.78 is 7.49. The lowest BCUT2D eigenvalue weighted by atomic mass is 10.1. The smallest absolute Gasteiger partial charge is 0.328 e. The number of amides is 2. The number of fused-ring (bicyclic) bond motifs is 1. The Labute approximate surface area is 213 Å². The molecule has 0 aliphatic rings. The normalized spacial score (nSPS) is 12.4. The van der Waals surface area contributed by atoms with Crippen molar-refractivity contribution in [3.8, 4) is 0 Å². The second kappa shape index (κ2) is 11.1. The number of hydrogen-bond donors (Lipinski definition) is 1. The van der Waals surface area contributed by atoms with Crippen molar-refractivity contribution in [2.45, 2.75) is 32.9 Å². The maximum absolute atomic E-state index is 12.9. The summed E-state index contributed by atoms with van der Waals surface area (Å²) in [5.41, 5.74) is 3.68. The van der Waals surface area contributed by atoms with Gasteiger partial charge in [0.1, 0.15) is 6.04 Å². The zero-order valence-corrected chi connectivity index (χ0v) is 21.2. The van der Waals surface area contributed by atoms with Crippen LogP contribution < -0.4 is 10.1 Å². The molecule has 0 bridgehead atoms. The molecule has 0 aliphatic carbocycles. The first-order chi connectivity index (χ1) is 17.4. The molecule has 7 nitrogen and oxygen atoms in total. The third kappa shape index (κ3) is 5.44. The van der Waals surface area contributed by atoms with Gasteiger partial charge in [0.2, 0.25) is 0 Å². The molecule has 184 valence electrons. The van der Waals surface area contributed by atoms with Crippen LogP contribution in [0, 0.1) is 6.92 Å². The van der Waals surface area contributed by atoms with Gasteiger partial charge in [-0.1, -0.05) is 66.3 Å². The Kier molecular flexibility index (Phi) is 7.75. The number of nitrogens with one attached hydrogen (secondary N) is 1. The number of carbonyl (C=O) groups is 3. The number of hydrogen-bond acceptors (Lipinski definition) is 5. The predicted molar refractivity (Wildman–Crippen MR) is 140 cm³/mol. The number of carbonyl (C=O) groups excluding carboxylic acids is 3. The average molecular weight is 502 g/mol. The summed E-state index contributed by atoms with van der Waals surface area (Å²) in [5.74, 6) is -1.04. The number of ether oxygens (including phenoxy) is 1. The third-order valence-corrected chi connectivity index (χ3v) is 6.87. The summed E-state index contributed by atoms with van der Waals surface area (Å²) in [6.45, 7) is 4.23. The molecule has 0 saturated heterocycles. The van der Waals surface area contributed by atoms with Gasteiger partial charge < -0.3 is 14.6 Å². The average Bonchev–Trinajstić information content (AvgIpc) is 3.25. The molecule has 1 heterocycles. The van der Waals surface area contributed by atoms with E-state index >= 15 is 0 Å². The highest BCUT2D eigenvalue weighted by Gasteiger charge is 2.24. The van der Waals surface area contributed by atoms with E-state index in [1.165, 1.54) is 18.4 Å². The van der Waals surface area contributed by atoms with Gasteiger partial charge in [-0.3, -0.25) is 9.59 Å². The first kappa shape index (κ1) is 25.1. The molecule has 1 unspecified atom stereocenters. The van der Waals surface area contributed by atoms with Gasteiger partial charge in [-0.15, -0.1) is 0 Å². The van der Waals surface area contributed by atoms with Gasteiger partial charge in [-0.05, 0) is 49.2 Å². The molecule has 8 heteroatoms. The Balaban J connectivity index is 1.75. The van der Waals surface area contributed by atoms with Crippen LogP contribution in [0.5, 0.6) is 0 Å². The molecule has 4 rings (SSSR count). The summed E-state index contributed by atoms with van der Waals surface area (Å²) in [4.78, 5) is 43.1. The van der Waals surface area contributed by atoms with Crippen molar-refractivity contribution in [1.82, 2.24) is 9.88 Å². The van der Waals surface area contributed by atoms with E-state index < -0.39 is 17.9 Å². The minimum atomic E-state index is -0.661. The lowest BCUT2D eigenvalue weighted by Crippen LogP contribution is -2.28. The molecule has 1 N–H and O–H groups in total. The van der Waals surface area contributed by atoms with Crippen molar-refractivity contribution in [2.24, 2.45) is 4.99 Å². The van der Waals surface area contributed by atoms with Gasteiger partial charge in [-0.25, -0.2) is 4.79 Å². The maximum Gasteiger partial charge on any atom is 0.328 e. The molecule has 1 atom stereocenters. The molecule has 4 aromatic rings. The highest BCUT2D eigenvalue weighted by Crippen LogP contribution is 2.25. The minimum Gasteiger partial charge on any atom is -0.467 e. The fourth-order valence-corrected chi connectivity index (χ4v) is 4.99. The van der Waals surface area contributed by atoms with Crippen molar-refractivity contribution < 1.29 is 19.1 Å². The Morgan fingerprint density at radius 2 is 1.69 bits per heavy atom. The number of thiazole rings is 1. The molecule has 0 spiro atoms. The number of esters is 1. The molecule has 0 saturated carbocycles. The Morgan fingerprint density at radius 1 is 1.00 bits per heavy atom. The minimum absolute atomic E-state index is 0.213. The first-order valence-corrected chi connectivity index (χ1v) is 12.4. The lowest BCUT2D eigenvalue weighted by molar-refractivity contribution is -0.144. The van der Waals surface area contributed by atoms with Crippen LogP contribution in [-0.2, 0) is 16.1 Å². The van der Waals surface area contributed by atoms with Crippen molar-refractivity contribution in [3.05, 3.63) is 99.9 Å². The van der Waals surface area contributed by atoms with Crippen molar-refractivity contribution in [2.75, 3.05) is 7.11 Å². The molecule has 3 aromatic carbocycles. The highest BCUT2D eigenvalue weighted by atomic mass is 32.1. The van der Waals surface area contributed by atoms with Crippen LogP contribution in [0.3, 0.4) is 0 Å². The number of benzene rings is 3. The van der Waals surface area contributed by atoms with E-state index in [9.17, 15) is 14.4 Å². The zero-order valence-electron chi connectivity index (χ0n) is 20.4. The Morgan fingerprint density at radius 3 is 2.36 bits per heavy atom. The number of rotatable bonds is 7. The predicted octanol–water partition coefficient (Wildman–Crippen LogP) is 4.81. The SMILES string of the molecule is CCC(C(=O)OC)n1c(=NC(=O)c2ccc(C)cc2)sc2cc(C(=O)NCc3ccccc3)ccc21. The van der Waals surface area contributed by atoms with Crippen LogP contribution in [-0.4, -0.2) is 29.5 Å². The molecule has 0 aliphatic heterocycles. The van der Waals surface area contributed by atoms with Gasteiger partial charge in [0.25, 0.3) is 11.8 Å². The third-order valence-electron chi connectivity index (χ3n) is 5.85. The molecule has 1 aromatic heterocycles. The van der Waals surface area contributed by atoms with Gasteiger partial charge in [0.15, 0.2) is 4.80 Å². The molecule has 0 fully saturated rings. The molecular formula is C28H27N3O4S. The highest BCUT2D eigenvalue weighted by molar-refractivity contribution is 7.16. The van der Waals surface area contributed by atoms with Crippen molar-refractivity contribution in [1.29, 1.82) is 0 Å². The molecular weight excluding hydrogens is 474 g/mol. The summed E-state index contributed by atoms with van der Waals surface area (Å²) in [7, 11) is 1.34. The van der Waals surface area contributed by atoms with Crippen molar-refractivity contribution >= 4 is 39.3 Å². The first-order valence-electron chi connectivity index (χ1n) is 11.6. The van der Waals surface area contributed by atoms with E-state index in [1.807, 2.05) is 56.3 Å². The number of nitrogens with zero attached hydrogens (tertiary/aromatic N) is 2. The molecule has 2 amide bonds. The Bertz CT molecular complexity index is 1470. The van der Waals surface area contributed by atoms with E-state index in [2.05, 4.69) is 10.3 Å². The van der Waals surface area contributed by atoms with Crippen LogP contribution in [0.15, 0.2) is 77.8 Å². The van der Waals surface area contributed by atoms with Gasteiger partial charge >= 0.3 is 5.97 Å². The summed E-state index contributed by atoms with van der Waals surface area (Å²) in [5, 5.41) is 2.93. The van der Waals surface area contributed by atoms with Gasteiger partial charge in [0, 0.05) is 17.7 Å². The van der Waals surface area contributed by atoms with Crippen LogP contribution in [0.25, 0.3) is 10.2 Å². The van der Waals surface area contributed by atoms with E-state index in [0.29, 0.717) is 34.4 Å². The number of aromatic nitrogens is 1. The lowest BCUT2D eigenvalue weighted by Gasteiger charge is -2.15. The summed E-state index contributed by atoms with van der Waals surface area (Å²) in [6, 6.07) is 21.4. The van der Waals surface area contributed by atoms with Crippen LogP contribution in [0.4, 0.5) is 0 Å². The topological polar surface area (TPSA) is 89.8 Å². The Hall–Kier alpha value is -4.04. The maximum atomic E-state index is 12.9. The fourth-order valence-electron chi connectivity index (χ4n) is 3.88. The van der Waals surface area contributed by atoms with Crippen LogP contribution in [0.2, 0.25) is 0 Å². The second-order valence-electron chi connectivity index (χ2n) is 8.34. The van der Waals surface area contributed by atoms with Gasteiger partial charge in [0.05, 0.1) is 17.3 Å². The quantitative estimate of drug-likeness (QED) is 0.368. The largest absolute Gasteiger partial charge is 0.467 e. The van der Waals surface area contributed by atoms with E-state index in [1.54, 1.807) is 34.9 Å². The number of aryl methyl sites for hydroxylation is 1. The van der Waals surface area contributed by atoms with Crippen LogP contribution in [0.1, 0.15) is 51.2 Å². The second-order valence-corrected chi connectivity index (χ2v) is 9.34. The summed E-state index contributed by atoms with van der Waals surface area (Å²) >= 11 is 1.26. The number of methoxy groups -OCH3 is 1. The standard InChI is InChI=1S/C28H27N3O4S/c1-4-22(27(34)35-3)31-23-15-14-21(25(32)29-17-19-8-6-5-7-9-19)16-24(23)36-28(31)30-26(33)20-12-10-18(2)11-13-20/h5-16,22H,4,17H2,1-3H3,(H,29,32). The van der Waals surface area contributed by atoms with E-state index in [0.717, 1.165) is 15.8 Å². The fraction of sp³-hybridized carbons (Fsp3) is 0.214. The zero-order chi connectivity index (χ0) is 25.7. The van der Waals surface area contributed by atoms with E-state index in [-0.39, 0.29) is 5.91 Å². The molecule has 0 radical (unpaired) electrons. The van der Waals surface area contributed by atoms with Crippen molar-refractivity contribution in [3.63, 3.8) is 0 Å².